The summed E-state index contributed by atoms with van der Waals surface area (Å²) in [4.78, 5) is 8.02. The first-order valence-corrected chi connectivity index (χ1v) is 6.34. The van der Waals surface area contributed by atoms with Gasteiger partial charge in [0.2, 0.25) is 5.95 Å². The van der Waals surface area contributed by atoms with Gasteiger partial charge in [0.25, 0.3) is 0 Å². The molecule has 3 nitrogen and oxygen atoms in total. The van der Waals surface area contributed by atoms with Gasteiger partial charge in [0.05, 0.1) is 0 Å². The molecule has 0 saturated carbocycles. The van der Waals surface area contributed by atoms with Crippen molar-refractivity contribution in [3.05, 3.63) is 23.3 Å². The Morgan fingerprint density at radius 2 is 1.94 bits per heavy atom. The number of halogens is 1. The van der Waals surface area contributed by atoms with Crippen LogP contribution < -0.4 is 5.73 Å². The van der Waals surface area contributed by atoms with E-state index in [9.17, 15) is 4.39 Å². The van der Waals surface area contributed by atoms with Crippen LogP contribution >= 0.6 is 0 Å². The molecule has 0 fully saturated rings. The smallest absolute Gasteiger partial charge is 0.210 e. The summed E-state index contributed by atoms with van der Waals surface area (Å²) >= 11 is 0. The zero-order valence-corrected chi connectivity index (χ0v) is 12.0. The van der Waals surface area contributed by atoms with E-state index >= 15 is 0 Å². The van der Waals surface area contributed by atoms with Gasteiger partial charge in [0.15, 0.2) is 5.84 Å². The highest BCUT2D eigenvalue weighted by Crippen LogP contribution is 2.10. The summed E-state index contributed by atoms with van der Waals surface area (Å²) in [7, 11) is 0. The molecule has 0 spiro atoms. The lowest BCUT2D eigenvalue weighted by molar-refractivity contribution is 0.622. The molecule has 0 rings (SSSR count). The van der Waals surface area contributed by atoms with Crippen molar-refractivity contribution in [1.82, 2.24) is 0 Å². The molecule has 0 aliphatic heterocycles. The third-order valence-electron chi connectivity index (χ3n) is 2.42. The Morgan fingerprint density at radius 3 is 2.39 bits per heavy atom. The molecule has 4 heteroatoms. The molecule has 0 heterocycles. The maximum atomic E-state index is 13.3. The molecule has 0 aliphatic carbocycles. The highest BCUT2D eigenvalue weighted by molar-refractivity contribution is 5.99. The zero-order valence-electron chi connectivity index (χ0n) is 12.0. The van der Waals surface area contributed by atoms with E-state index in [1.54, 1.807) is 0 Å². The normalized spacial score (nSPS) is 15.0. The number of nitrogens with two attached hydrogens (primary N) is 1. The third kappa shape index (κ3) is 6.33. The number of nitrogens with zero attached hydrogens (tertiary/aromatic N) is 2. The second-order valence-electron chi connectivity index (χ2n) is 4.44. The minimum atomic E-state index is -0.563. The maximum Gasteiger partial charge on any atom is 0.210 e. The highest BCUT2D eigenvalue weighted by Gasteiger charge is 2.05. The average Bonchev–Trinajstić information content (AvgIpc) is 2.28. The largest absolute Gasteiger partial charge is 0.382 e. The summed E-state index contributed by atoms with van der Waals surface area (Å²) in [5.74, 6) is -0.0765. The van der Waals surface area contributed by atoms with Crippen molar-refractivity contribution >= 4 is 12.1 Å². The van der Waals surface area contributed by atoms with E-state index in [0.717, 1.165) is 12.0 Å². The van der Waals surface area contributed by atoms with Crippen molar-refractivity contribution in [2.75, 3.05) is 0 Å². The minimum Gasteiger partial charge on any atom is -0.382 e. The maximum absolute atomic E-state index is 13.3. The Labute approximate surface area is 109 Å². The third-order valence-corrected chi connectivity index (χ3v) is 2.42. The van der Waals surface area contributed by atoms with E-state index in [0.29, 0.717) is 18.0 Å². The number of hydrogen-bond acceptors (Lipinski definition) is 2. The molecular weight excluding hydrogens is 229 g/mol. The second kappa shape index (κ2) is 8.61. The Morgan fingerprint density at radius 1 is 1.33 bits per heavy atom. The van der Waals surface area contributed by atoms with Crippen LogP contribution in [0.15, 0.2) is 33.3 Å². The van der Waals surface area contributed by atoms with Crippen LogP contribution in [0.1, 0.15) is 47.5 Å². The fraction of sp³-hybridized carbons (Fsp3) is 0.571. The monoisotopic (exact) mass is 253 g/mol. The quantitative estimate of drug-likeness (QED) is 0.434. The SMILES string of the molecule is CC/C=C(F)\N=C(\N)C(N=CC(C)CC)=C(C)C. The highest BCUT2D eigenvalue weighted by atomic mass is 19.1. The molecule has 0 saturated heterocycles. The molecule has 0 radical (unpaired) electrons. The van der Waals surface area contributed by atoms with E-state index in [4.69, 9.17) is 5.73 Å². The number of hydrogen-bond donors (Lipinski definition) is 1. The van der Waals surface area contributed by atoms with Gasteiger partial charge in [-0.2, -0.15) is 4.39 Å². The Bertz CT molecular complexity index is 375. The fourth-order valence-electron chi connectivity index (χ4n) is 1.14. The van der Waals surface area contributed by atoms with Crippen LogP contribution in [0.3, 0.4) is 0 Å². The van der Waals surface area contributed by atoms with E-state index in [2.05, 4.69) is 23.8 Å². The first-order valence-electron chi connectivity index (χ1n) is 6.34. The van der Waals surface area contributed by atoms with E-state index in [1.165, 1.54) is 6.08 Å². The predicted molar refractivity (Wildman–Crippen MR) is 77.4 cm³/mol. The van der Waals surface area contributed by atoms with Crippen molar-refractivity contribution < 1.29 is 4.39 Å². The van der Waals surface area contributed by atoms with E-state index in [1.807, 2.05) is 27.0 Å². The topological polar surface area (TPSA) is 50.7 Å². The molecule has 0 aromatic carbocycles. The summed E-state index contributed by atoms with van der Waals surface area (Å²) in [6.07, 6.45) is 4.80. The zero-order chi connectivity index (χ0) is 14.1. The van der Waals surface area contributed by atoms with E-state index < -0.39 is 5.95 Å². The molecule has 0 aromatic rings. The van der Waals surface area contributed by atoms with Crippen LogP contribution in [0.5, 0.6) is 0 Å². The van der Waals surface area contributed by atoms with Gasteiger partial charge in [-0.05, 0) is 44.3 Å². The van der Waals surface area contributed by atoms with Gasteiger partial charge >= 0.3 is 0 Å². The van der Waals surface area contributed by atoms with Gasteiger partial charge in [-0.3, -0.25) is 4.99 Å². The molecule has 1 unspecified atom stereocenters. The van der Waals surface area contributed by atoms with E-state index in [-0.39, 0.29) is 5.84 Å². The van der Waals surface area contributed by atoms with Crippen molar-refractivity contribution in [2.24, 2.45) is 21.6 Å². The van der Waals surface area contributed by atoms with Crippen LogP contribution in [-0.2, 0) is 0 Å². The molecule has 2 N–H and O–H groups in total. The molecule has 0 amide bonds. The van der Waals surface area contributed by atoms with Gasteiger partial charge in [-0.1, -0.05) is 20.8 Å². The number of allylic oxidation sites excluding steroid dienone is 2. The molecule has 0 aliphatic rings. The lowest BCUT2D eigenvalue weighted by Gasteiger charge is -2.05. The van der Waals surface area contributed by atoms with Crippen LogP contribution in [-0.4, -0.2) is 12.1 Å². The van der Waals surface area contributed by atoms with Gasteiger partial charge < -0.3 is 5.73 Å². The molecule has 1 atom stereocenters. The Hall–Kier alpha value is -1.45. The summed E-state index contributed by atoms with van der Waals surface area (Å²) < 4.78 is 13.3. The van der Waals surface area contributed by atoms with Crippen LogP contribution in [0.4, 0.5) is 4.39 Å². The second-order valence-corrected chi connectivity index (χ2v) is 4.44. The van der Waals surface area contributed by atoms with Crippen molar-refractivity contribution in [3.8, 4) is 0 Å². The Kier molecular flexibility index (Phi) is 7.92. The standard InChI is InChI=1S/C14H24FN3/c1-6-8-12(15)18-14(16)13(10(3)4)17-9-11(5)7-2/h8-9,11H,6-7H2,1-5H3,(H2,16,18)/b12-8-,17-9?. The molecular formula is C14H24FN3. The molecule has 0 bridgehead atoms. The summed E-state index contributed by atoms with van der Waals surface area (Å²) in [5.41, 5.74) is 7.24. The van der Waals surface area contributed by atoms with Crippen molar-refractivity contribution in [3.63, 3.8) is 0 Å². The first-order chi connectivity index (χ1) is 8.42. The molecule has 18 heavy (non-hydrogen) atoms. The minimum absolute atomic E-state index is 0.122. The van der Waals surface area contributed by atoms with Gasteiger partial charge in [-0.15, -0.1) is 0 Å². The van der Waals surface area contributed by atoms with Crippen LogP contribution in [0.2, 0.25) is 0 Å². The molecule has 0 aromatic heterocycles. The van der Waals surface area contributed by atoms with Gasteiger partial charge in [0, 0.05) is 6.21 Å². The first kappa shape index (κ1) is 16.6. The fourth-order valence-corrected chi connectivity index (χ4v) is 1.14. The van der Waals surface area contributed by atoms with Gasteiger partial charge in [0.1, 0.15) is 5.70 Å². The van der Waals surface area contributed by atoms with Gasteiger partial charge in [-0.25, -0.2) is 4.99 Å². The molecule has 102 valence electrons. The summed E-state index contributed by atoms with van der Waals surface area (Å²) in [6, 6.07) is 0. The lowest BCUT2D eigenvalue weighted by Crippen LogP contribution is -2.15. The number of amidine groups is 1. The number of rotatable bonds is 6. The van der Waals surface area contributed by atoms with Crippen LogP contribution in [0, 0.1) is 5.92 Å². The average molecular weight is 253 g/mol. The summed E-state index contributed by atoms with van der Waals surface area (Å²) in [6.45, 7) is 9.76. The predicted octanol–water partition coefficient (Wildman–Crippen LogP) is 3.98. The lowest BCUT2D eigenvalue weighted by atomic mass is 10.1. The van der Waals surface area contributed by atoms with Crippen molar-refractivity contribution in [1.29, 1.82) is 0 Å². The number of aliphatic imine (C=N–C) groups is 2. The summed E-state index contributed by atoms with van der Waals surface area (Å²) in [5, 5.41) is 0. The Balaban J connectivity index is 5.12. The van der Waals surface area contributed by atoms with Crippen LogP contribution in [0.25, 0.3) is 0 Å². The van der Waals surface area contributed by atoms with Crippen molar-refractivity contribution in [2.45, 2.75) is 47.5 Å².